The van der Waals surface area contributed by atoms with Crippen LogP contribution in [0.25, 0.3) is 0 Å². The van der Waals surface area contributed by atoms with Crippen LogP contribution in [0.4, 0.5) is 5.69 Å². The molecule has 0 amide bonds. The van der Waals surface area contributed by atoms with Crippen molar-refractivity contribution in [1.29, 1.82) is 0 Å². The van der Waals surface area contributed by atoms with E-state index in [1.807, 2.05) is 6.92 Å². The van der Waals surface area contributed by atoms with Crippen LogP contribution in [0.5, 0.6) is 0 Å². The molecular weight excluding hydrogens is 180 g/mol. The van der Waals surface area contributed by atoms with Crippen LogP contribution in [0.15, 0.2) is 18.2 Å². The Morgan fingerprint density at radius 1 is 1.57 bits per heavy atom. The van der Waals surface area contributed by atoms with Crippen molar-refractivity contribution >= 4 is 11.7 Å². The number of nitrogens with one attached hydrogen (secondary N) is 1. The highest BCUT2D eigenvalue weighted by molar-refractivity contribution is 5.90. The van der Waals surface area contributed by atoms with E-state index in [0.29, 0.717) is 5.56 Å². The van der Waals surface area contributed by atoms with Crippen LogP contribution in [0.1, 0.15) is 22.8 Å². The fourth-order valence-corrected chi connectivity index (χ4v) is 1.27. The second kappa shape index (κ2) is 4.62. The van der Waals surface area contributed by atoms with Crippen LogP contribution in [0, 0.1) is 0 Å². The molecule has 3 N–H and O–H groups in total. The zero-order valence-corrected chi connectivity index (χ0v) is 8.33. The number of nitrogen functional groups attached to an aromatic ring is 1. The van der Waals surface area contributed by atoms with Gasteiger partial charge in [0.25, 0.3) is 0 Å². The summed E-state index contributed by atoms with van der Waals surface area (Å²) >= 11 is 0. The smallest absolute Gasteiger partial charge is 0.337 e. The van der Waals surface area contributed by atoms with Gasteiger partial charge >= 0.3 is 5.97 Å². The molecule has 4 nitrogen and oxygen atoms in total. The molecule has 0 fully saturated rings. The molecule has 0 heterocycles. The normalized spacial score (nSPS) is 9.64. The first-order valence-corrected chi connectivity index (χ1v) is 4.40. The highest BCUT2D eigenvalue weighted by Crippen LogP contribution is 2.17. The van der Waals surface area contributed by atoms with E-state index in [0.717, 1.165) is 17.7 Å². The Morgan fingerprint density at radius 2 is 2.29 bits per heavy atom. The predicted molar refractivity (Wildman–Crippen MR) is 55.0 cm³/mol. The number of hydrogen-bond acceptors (Lipinski definition) is 4. The Hall–Kier alpha value is -1.55. The van der Waals surface area contributed by atoms with Gasteiger partial charge < -0.3 is 10.2 Å². The number of anilines is 1. The molecule has 4 heteroatoms. The Bertz CT molecular complexity index is 337. The second-order valence-corrected chi connectivity index (χ2v) is 2.86. The van der Waals surface area contributed by atoms with Crippen molar-refractivity contribution in [1.82, 2.24) is 0 Å². The highest BCUT2D eigenvalue weighted by atomic mass is 16.5. The quantitative estimate of drug-likeness (QED) is 0.432. The lowest BCUT2D eigenvalue weighted by molar-refractivity contribution is 0.0600. The first-order valence-electron chi connectivity index (χ1n) is 4.40. The molecule has 0 saturated heterocycles. The van der Waals surface area contributed by atoms with Gasteiger partial charge in [0.2, 0.25) is 0 Å². The molecule has 0 radical (unpaired) electrons. The first-order chi connectivity index (χ1) is 6.72. The Kier molecular flexibility index (Phi) is 3.48. The third-order valence-electron chi connectivity index (χ3n) is 2.06. The number of carbonyl (C=O) groups excluding carboxylic acids is 1. The number of esters is 1. The minimum absolute atomic E-state index is 0.330. The second-order valence-electron chi connectivity index (χ2n) is 2.86. The summed E-state index contributed by atoms with van der Waals surface area (Å²) in [6.45, 7) is 2.00. The van der Waals surface area contributed by atoms with Gasteiger partial charge in [-0.3, -0.25) is 5.84 Å². The van der Waals surface area contributed by atoms with Gasteiger partial charge in [-0.05, 0) is 30.2 Å². The third-order valence-corrected chi connectivity index (χ3v) is 2.06. The van der Waals surface area contributed by atoms with Crippen LogP contribution in [0.2, 0.25) is 0 Å². The van der Waals surface area contributed by atoms with Gasteiger partial charge in [0, 0.05) is 0 Å². The molecule has 76 valence electrons. The maximum atomic E-state index is 11.2. The molecule has 0 aliphatic rings. The van der Waals surface area contributed by atoms with E-state index >= 15 is 0 Å². The van der Waals surface area contributed by atoms with Gasteiger partial charge in [-0.15, -0.1) is 0 Å². The maximum Gasteiger partial charge on any atom is 0.337 e. The van der Waals surface area contributed by atoms with Crippen molar-refractivity contribution in [2.24, 2.45) is 5.84 Å². The van der Waals surface area contributed by atoms with E-state index in [-0.39, 0.29) is 5.97 Å². The molecule has 0 bridgehead atoms. The summed E-state index contributed by atoms with van der Waals surface area (Å²) in [5, 5.41) is 0. The number of hydrazine groups is 1. The summed E-state index contributed by atoms with van der Waals surface area (Å²) in [6.07, 6.45) is 0.810. The molecule has 0 aliphatic heterocycles. The minimum Gasteiger partial charge on any atom is -0.465 e. The number of aryl methyl sites for hydroxylation is 1. The third kappa shape index (κ3) is 2.03. The average Bonchev–Trinajstić information content (AvgIpc) is 2.26. The van der Waals surface area contributed by atoms with E-state index in [9.17, 15) is 4.79 Å². The molecule has 0 unspecified atom stereocenters. The molecule has 14 heavy (non-hydrogen) atoms. The maximum absolute atomic E-state index is 11.2. The average molecular weight is 194 g/mol. The molecule has 0 saturated carbocycles. The van der Waals surface area contributed by atoms with Crippen LogP contribution in [0.3, 0.4) is 0 Å². The number of carbonyl (C=O) groups is 1. The topological polar surface area (TPSA) is 64.3 Å². The fourth-order valence-electron chi connectivity index (χ4n) is 1.27. The molecule has 0 spiro atoms. The van der Waals surface area contributed by atoms with Gasteiger partial charge in [-0.25, -0.2) is 4.79 Å². The summed E-state index contributed by atoms with van der Waals surface area (Å²) in [5.74, 6) is 4.99. The summed E-state index contributed by atoms with van der Waals surface area (Å²) in [6, 6.07) is 5.23. The summed E-state index contributed by atoms with van der Waals surface area (Å²) in [5.41, 5.74) is 4.95. The van der Waals surface area contributed by atoms with Crippen molar-refractivity contribution in [3.05, 3.63) is 29.3 Å². The number of rotatable bonds is 3. The van der Waals surface area contributed by atoms with Crippen molar-refractivity contribution in [2.75, 3.05) is 12.5 Å². The van der Waals surface area contributed by atoms with Gasteiger partial charge in [-0.2, -0.15) is 0 Å². The monoisotopic (exact) mass is 194 g/mol. The fraction of sp³-hybridized carbons (Fsp3) is 0.300. The Balaban J connectivity index is 3.07. The molecule has 1 rings (SSSR count). The van der Waals surface area contributed by atoms with Gasteiger partial charge in [0.1, 0.15) is 0 Å². The molecular formula is C10H14N2O2. The van der Waals surface area contributed by atoms with Gasteiger partial charge in [0.05, 0.1) is 18.4 Å². The zero-order valence-electron chi connectivity index (χ0n) is 8.33. The van der Waals surface area contributed by atoms with Crippen LogP contribution in [-0.2, 0) is 11.2 Å². The predicted octanol–water partition coefficient (Wildman–Crippen LogP) is 1.32. The number of methoxy groups -OCH3 is 1. The van der Waals surface area contributed by atoms with Crippen LogP contribution in [-0.4, -0.2) is 13.1 Å². The SMILES string of the molecule is CCc1cc(C(=O)OC)ccc1NN. The van der Waals surface area contributed by atoms with E-state index in [1.54, 1.807) is 18.2 Å². The molecule has 1 aromatic carbocycles. The van der Waals surface area contributed by atoms with E-state index < -0.39 is 0 Å². The molecule has 0 atom stereocenters. The van der Waals surface area contributed by atoms with Crippen LogP contribution < -0.4 is 11.3 Å². The molecule has 1 aromatic rings. The van der Waals surface area contributed by atoms with Crippen molar-refractivity contribution in [3.63, 3.8) is 0 Å². The summed E-state index contributed by atoms with van der Waals surface area (Å²) < 4.78 is 4.62. The minimum atomic E-state index is -0.330. The molecule has 0 aromatic heterocycles. The largest absolute Gasteiger partial charge is 0.465 e. The van der Waals surface area contributed by atoms with Gasteiger partial charge in [0.15, 0.2) is 0 Å². The van der Waals surface area contributed by atoms with Crippen molar-refractivity contribution in [2.45, 2.75) is 13.3 Å². The number of nitrogens with two attached hydrogens (primary N) is 1. The number of ether oxygens (including phenoxy) is 1. The van der Waals surface area contributed by atoms with E-state index in [4.69, 9.17) is 5.84 Å². The van der Waals surface area contributed by atoms with E-state index in [1.165, 1.54) is 7.11 Å². The lowest BCUT2D eigenvalue weighted by Gasteiger charge is -2.08. The summed E-state index contributed by atoms with van der Waals surface area (Å²) in [4.78, 5) is 11.2. The standard InChI is InChI=1S/C10H14N2O2/c1-3-7-6-8(10(13)14-2)4-5-9(7)12-11/h4-6,12H,3,11H2,1-2H3. The van der Waals surface area contributed by atoms with Crippen molar-refractivity contribution in [3.8, 4) is 0 Å². The molecule has 0 aliphatic carbocycles. The number of hydrogen-bond donors (Lipinski definition) is 2. The lowest BCUT2D eigenvalue weighted by atomic mass is 10.1. The first kappa shape index (κ1) is 10.5. The summed E-state index contributed by atoms with van der Waals surface area (Å²) in [7, 11) is 1.36. The van der Waals surface area contributed by atoms with E-state index in [2.05, 4.69) is 10.2 Å². The highest BCUT2D eigenvalue weighted by Gasteiger charge is 2.07. The van der Waals surface area contributed by atoms with Gasteiger partial charge in [-0.1, -0.05) is 6.92 Å². The Labute approximate surface area is 83.0 Å². The zero-order chi connectivity index (χ0) is 10.6. The lowest BCUT2D eigenvalue weighted by Crippen LogP contribution is -2.10. The van der Waals surface area contributed by atoms with Crippen molar-refractivity contribution < 1.29 is 9.53 Å². The number of benzene rings is 1. The Morgan fingerprint density at radius 3 is 2.79 bits per heavy atom. The van der Waals surface area contributed by atoms with Crippen LogP contribution >= 0.6 is 0 Å².